The summed E-state index contributed by atoms with van der Waals surface area (Å²) in [5, 5.41) is 31.1. The van der Waals surface area contributed by atoms with Crippen molar-refractivity contribution in [1.29, 1.82) is 0 Å². The fourth-order valence-electron chi connectivity index (χ4n) is 3.68. The molecule has 0 bridgehead atoms. The summed E-state index contributed by atoms with van der Waals surface area (Å²) in [6.07, 6.45) is 5.55. The van der Waals surface area contributed by atoms with Gasteiger partial charge in [0.15, 0.2) is 0 Å². The highest BCUT2D eigenvalue weighted by molar-refractivity contribution is 7.19. The van der Waals surface area contributed by atoms with Crippen LogP contribution in [0.3, 0.4) is 0 Å². The van der Waals surface area contributed by atoms with Crippen molar-refractivity contribution in [3.8, 4) is 0 Å². The second kappa shape index (κ2) is 11.9. The number of anilines is 3. The molecule has 12 nitrogen and oxygen atoms in total. The molecule has 1 aliphatic rings. The lowest BCUT2D eigenvalue weighted by molar-refractivity contribution is -0.116. The van der Waals surface area contributed by atoms with E-state index in [0.29, 0.717) is 39.4 Å². The SMILES string of the molecule is O=C(Cc1ccccn1)Nc1nnc(CNC2CC(Nc3nnc(NC(=O)Cc4ccccn4)s3)C2)s1. The Balaban J connectivity index is 0.989. The summed E-state index contributed by atoms with van der Waals surface area (Å²) >= 11 is 2.66. The Kier molecular flexibility index (Phi) is 7.98. The van der Waals surface area contributed by atoms with E-state index in [1.54, 1.807) is 18.5 Å². The number of carbonyl (C=O) groups is 2. The number of carbonyl (C=O) groups excluding carboxylic acids is 2. The standard InChI is InChI=1S/C23H24N10O2S2/c34-18(11-14-5-1-3-7-24-14)28-22-31-30-20(36-22)13-26-16-9-17(10-16)27-21-32-33-23(37-21)29-19(35)12-15-6-2-4-8-25-15/h1-8,16-17,26H,9-13H2,(H,27,32)(H,28,31,34)(H,29,33,35). The van der Waals surface area contributed by atoms with Crippen molar-refractivity contribution in [2.24, 2.45) is 0 Å². The van der Waals surface area contributed by atoms with Gasteiger partial charge in [0, 0.05) is 35.9 Å². The zero-order valence-electron chi connectivity index (χ0n) is 19.6. The van der Waals surface area contributed by atoms with Crippen LogP contribution in [0.25, 0.3) is 0 Å². The van der Waals surface area contributed by atoms with Gasteiger partial charge in [0.1, 0.15) is 5.01 Å². The third-order valence-electron chi connectivity index (χ3n) is 5.53. The lowest BCUT2D eigenvalue weighted by Crippen LogP contribution is -2.47. The van der Waals surface area contributed by atoms with Gasteiger partial charge in [-0.3, -0.25) is 19.6 Å². The minimum absolute atomic E-state index is 0.171. The van der Waals surface area contributed by atoms with E-state index < -0.39 is 0 Å². The summed E-state index contributed by atoms with van der Waals surface area (Å²) in [7, 11) is 0. The lowest BCUT2D eigenvalue weighted by Gasteiger charge is -2.36. The Labute approximate surface area is 220 Å². The van der Waals surface area contributed by atoms with E-state index in [-0.39, 0.29) is 30.7 Å². The van der Waals surface area contributed by atoms with Crippen LogP contribution in [0.2, 0.25) is 0 Å². The summed E-state index contributed by atoms with van der Waals surface area (Å²) in [6.45, 7) is 0.580. The molecular weight excluding hydrogens is 512 g/mol. The molecule has 14 heteroatoms. The summed E-state index contributed by atoms with van der Waals surface area (Å²) < 4.78 is 0. The molecule has 37 heavy (non-hydrogen) atoms. The molecule has 4 aromatic heterocycles. The Hall–Kier alpha value is -3.88. The van der Waals surface area contributed by atoms with Crippen molar-refractivity contribution >= 4 is 49.9 Å². The largest absolute Gasteiger partial charge is 0.357 e. The first-order valence-electron chi connectivity index (χ1n) is 11.6. The molecule has 0 atom stereocenters. The topological polar surface area (TPSA) is 160 Å². The van der Waals surface area contributed by atoms with Crippen LogP contribution in [-0.4, -0.2) is 54.3 Å². The van der Waals surface area contributed by atoms with Crippen LogP contribution in [0.4, 0.5) is 15.4 Å². The maximum atomic E-state index is 12.2. The Morgan fingerprint density at radius 2 is 1.35 bits per heavy atom. The van der Waals surface area contributed by atoms with Crippen LogP contribution in [0.1, 0.15) is 29.2 Å². The van der Waals surface area contributed by atoms with Gasteiger partial charge in [-0.2, -0.15) is 0 Å². The minimum Gasteiger partial charge on any atom is -0.357 e. The molecule has 0 spiro atoms. The molecule has 1 fully saturated rings. The molecule has 0 aromatic carbocycles. The summed E-state index contributed by atoms with van der Waals surface area (Å²) in [6, 6.07) is 11.6. The van der Waals surface area contributed by atoms with Crippen molar-refractivity contribution in [2.75, 3.05) is 16.0 Å². The average molecular weight is 537 g/mol. The molecule has 1 saturated carbocycles. The van der Waals surface area contributed by atoms with Crippen LogP contribution < -0.4 is 21.3 Å². The van der Waals surface area contributed by atoms with E-state index in [1.165, 1.54) is 22.7 Å². The van der Waals surface area contributed by atoms with E-state index in [0.717, 1.165) is 17.8 Å². The van der Waals surface area contributed by atoms with Crippen LogP contribution >= 0.6 is 22.7 Å². The molecule has 5 rings (SSSR count). The second-order valence-electron chi connectivity index (χ2n) is 8.40. The predicted molar refractivity (Wildman–Crippen MR) is 140 cm³/mol. The highest BCUT2D eigenvalue weighted by Gasteiger charge is 2.29. The normalized spacial score (nSPS) is 16.5. The maximum absolute atomic E-state index is 12.2. The smallest absolute Gasteiger partial charge is 0.232 e. The van der Waals surface area contributed by atoms with Crippen molar-refractivity contribution in [3.63, 3.8) is 0 Å². The van der Waals surface area contributed by atoms with E-state index in [1.807, 2.05) is 30.3 Å². The van der Waals surface area contributed by atoms with Crippen LogP contribution in [0.5, 0.6) is 0 Å². The van der Waals surface area contributed by atoms with Gasteiger partial charge in [-0.25, -0.2) is 0 Å². The summed E-state index contributed by atoms with van der Waals surface area (Å²) in [4.78, 5) is 32.6. The zero-order valence-corrected chi connectivity index (χ0v) is 21.3. The van der Waals surface area contributed by atoms with Crippen molar-refractivity contribution in [3.05, 3.63) is 65.2 Å². The number of nitrogens with zero attached hydrogens (tertiary/aromatic N) is 6. The molecule has 1 aliphatic carbocycles. The van der Waals surface area contributed by atoms with Gasteiger partial charge in [0.05, 0.1) is 19.4 Å². The number of hydrogen-bond acceptors (Lipinski definition) is 12. The summed E-state index contributed by atoms with van der Waals surface area (Å²) in [5.74, 6) is -0.350. The third-order valence-corrected chi connectivity index (χ3v) is 7.14. The maximum Gasteiger partial charge on any atom is 0.232 e. The number of amides is 2. The fraction of sp³-hybridized carbons (Fsp3) is 0.304. The number of rotatable bonds is 11. The fourth-order valence-corrected chi connectivity index (χ4v) is 5.12. The Morgan fingerprint density at radius 1 is 0.757 bits per heavy atom. The predicted octanol–water partition coefficient (Wildman–Crippen LogP) is 2.27. The van der Waals surface area contributed by atoms with Gasteiger partial charge >= 0.3 is 0 Å². The van der Waals surface area contributed by atoms with E-state index in [4.69, 9.17) is 0 Å². The molecule has 0 unspecified atom stereocenters. The van der Waals surface area contributed by atoms with Crippen LogP contribution in [0.15, 0.2) is 48.8 Å². The average Bonchev–Trinajstić information content (AvgIpc) is 3.50. The molecule has 4 aromatic rings. The molecule has 190 valence electrons. The van der Waals surface area contributed by atoms with Gasteiger partial charge < -0.3 is 21.3 Å². The Morgan fingerprint density at radius 3 is 1.97 bits per heavy atom. The monoisotopic (exact) mass is 536 g/mol. The van der Waals surface area contributed by atoms with Crippen molar-refractivity contribution in [2.45, 2.75) is 44.3 Å². The van der Waals surface area contributed by atoms with Gasteiger partial charge in [-0.15, -0.1) is 20.4 Å². The first-order chi connectivity index (χ1) is 18.1. The van der Waals surface area contributed by atoms with Crippen LogP contribution in [-0.2, 0) is 29.0 Å². The van der Waals surface area contributed by atoms with Gasteiger partial charge in [0.2, 0.25) is 27.2 Å². The van der Waals surface area contributed by atoms with E-state index in [9.17, 15) is 9.59 Å². The van der Waals surface area contributed by atoms with E-state index in [2.05, 4.69) is 51.6 Å². The molecule has 4 heterocycles. The van der Waals surface area contributed by atoms with Crippen molar-refractivity contribution in [1.82, 2.24) is 35.7 Å². The zero-order chi connectivity index (χ0) is 25.5. The molecule has 4 N–H and O–H groups in total. The highest BCUT2D eigenvalue weighted by atomic mass is 32.1. The lowest BCUT2D eigenvalue weighted by atomic mass is 9.87. The van der Waals surface area contributed by atoms with Crippen LogP contribution in [0, 0.1) is 0 Å². The minimum atomic E-state index is -0.179. The first-order valence-corrected chi connectivity index (χ1v) is 13.3. The van der Waals surface area contributed by atoms with Crippen molar-refractivity contribution < 1.29 is 9.59 Å². The number of aromatic nitrogens is 6. The quantitative estimate of drug-likeness (QED) is 0.224. The Bertz CT molecular complexity index is 1330. The molecule has 2 amide bonds. The van der Waals surface area contributed by atoms with Gasteiger partial charge in [-0.05, 0) is 37.1 Å². The molecular formula is C23H24N10O2S2. The van der Waals surface area contributed by atoms with Gasteiger partial charge in [0.25, 0.3) is 0 Å². The van der Waals surface area contributed by atoms with E-state index >= 15 is 0 Å². The highest BCUT2D eigenvalue weighted by Crippen LogP contribution is 2.28. The van der Waals surface area contributed by atoms with Gasteiger partial charge in [-0.1, -0.05) is 34.8 Å². The number of pyridine rings is 2. The third kappa shape index (κ3) is 7.31. The summed E-state index contributed by atoms with van der Waals surface area (Å²) in [5.41, 5.74) is 1.40. The second-order valence-corrected chi connectivity index (χ2v) is 10.4. The number of nitrogens with one attached hydrogen (secondary N) is 4. The first kappa shape index (κ1) is 24.8. The molecule has 0 saturated heterocycles. The molecule has 0 radical (unpaired) electrons. The molecule has 0 aliphatic heterocycles. The number of hydrogen-bond donors (Lipinski definition) is 4.